The van der Waals surface area contributed by atoms with E-state index in [1.165, 1.54) is 12.1 Å². The van der Waals surface area contributed by atoms with Crippen LogP contribution in [0.4, 0.5) is 4.39 Å². The predicted molar refractivity (Wildman–Crippen MR) is 88.1 cm³/mol. The maximum atomic E-state index is 13.1. The zero-order chi connectivity index (χ0) is 17.6. The molecule has 1 atom stereocenters. The van der Waals surface area contributed by atoms with E-state index in [1.54, 1.807) is 37.4 Å². The fraction of sp³-hybridized carbons (Fsp3) is 0.278. The lowest BCUT2D eigenvalue weighted by molar-refractivity contribution is -0.124. The molecule has 6 heteroatoms. The Kier molecular flexibility index (Phi) is 5.74. The average molecular weight is 330 g/mol. The van der Waals surface area contributed by atoms with Gasteiger partial charge in [-0.25, -0.2) is 4.39 Å². The van der Waals surface area contributed by atoms with Gasteiger partial charge in [-0.05, 0) is 31.2 Å². The van der Waals surface area contributed by atoms with E-state index in [9.17, 15) is 19.4 Å². The van der Waals surface area contributed by atoms with Crippen molar-refractivity contribution in [3.8, 4) is 11.8 Å². The van der Waals surface area contributed by atoms with Crippen LogP contribution in [0, 0.1) is 17.7 Å². The minimum absolute atomic E-state index is 0.347. The Morgan fingerprint density at radius 2 is 2.12 bits per heavy atom. The Morgan fingerprint density at radius 3 is 2.71 bits per heavy atom. The number of rotatable bonds is 4. The van der Waals surface area contributed by atoms with Gasteiger partial charge < -0.3 is 20.8 Å². The van der Waals surface area contributed by atoms with Gasteiger partial charge in [0.2, 0.25) is 5.91 Å². The minimum atomic E-state index is -1.08. The largest absolute Gasteiger partial charge is 0.394 e. The van der Waals surface area contributed by atoms with Crippen molar-refractivity contribution in [3.05, 3.63) is 59.6 Å². The quantitative estimate of drug-likeness (QED) is 0.604. The molecule has 1 amide bonds. The summed E-state index contributed by atoms with van der Waals surface area (Å²) in [5, 5.41) is 23.9. The summed E-state index contributed by atoms with van der Waals surface area (Å²) >= 11 is 0. The number of halogens is 1. The van der Waals surface area contributed by atoms with Gasteiger partial charge >= 0.3 is 0 Å². The van der Waals surface area contributed by atoms with E-state index in [0.29, 0.717) is 11.1 Å². The molecule has 0 bridgehead atoms. The summed E-state index contributed by atoms with van der Waals surface area (Å²) in [6.45, 7) is 0.806. The first kappa shape index (κ1) is 17.7. The molecule has 0 radical (unpaired) electrons. The lowest BCUT2D eigenvalue weighted by Gasteiger charge is -2.28. The van der Waals surface area contributed by atoms with Gasteiger partial charge in [-0.3, -0.25) is 4.79 Å². The molecule has 1 aliphatic rings. The van der Waals surface area contributed by atoms with Crippen molar-refractivity contribution in [2.75, 3.05) is 13.2 Å². The molecule has 4 N–H and O–H groups in total. The number of amides is 1. The summed E-state index contributed by atoms with van der Waals surface area (Å²) in [7, 11) is 0. The molecular weight excluding hydrogens is 311 g/mol. The fourth-order valence-corrected chi connectivity index (χ4v) is 1.94. The van der Waals surface area contributed by atoms with E-state index in [0.717, 1.165) is 0 Å². The van der Waals surface area contributed by atoms with Crippen LogP contribution in [0.25, 0.3) is 0 Å². The van der Waals surface area contributed by atoms with E-state index in [2.05, 4.69) is 22.5 Å². The molecule has 1 heterocycles. The number of hydrogen-bond acceptors (Lipinski definition) is 4. The Bertz CT molecular complexity index is 727. The van der Waals surface area contributed by atoms with E-state index < -0.39 is 11.6 Å². The second-order valence-corrected chi connectivity index (χ2v) is 5.73. The number of aliphatic hydroxyl groups is 2. The molecule has 0 saturated carbocycles. The fourth-order valence-electron chi connectivity index (χ4n) is 1.94. The van der Waals surface area contributed by atoms with Gasteiger partial charge in [-0.1, -0.05) is 24.0 Å². The van der Waals surface area contributed by atoms with Gasteiger partial charge in [0.25, 0.3) is 0 Å². The van der Waals surface area contributed by atoms with Crippen LogP contribution in [0.2, 0.25) is 0 Å². The number of dihydropyridines is 1. The third kappa shape index (κ3) is 4.69. The third-order valence-corrected chi connectivity index (χ3v) is 3.47. The molecule has 126 valence electrons. The summed E-state index contributed by atoms with van der Waals surface area (Å²) in [4.78, 5) is 12.1. The second-order valence-electron chi connectivity index (χ2n) is 5.73. The van der Waals surface area contributed by atoms with E-state index in [-0.39, 0.29) is 24.9 Å². The molecule has 0 aromatic heterocycles. The normalized spacial score (nSPS) is 16.5. The van der Waals surface area contributed by atoms with Crippen molar-refractivity contribution in [1.82, 2.24) is 10.6 Å². The van der Waals surface area contributed by atoms with Gasteiger partial charge in [-0.15, -0.1) is 0 Å². The highest BCUT2D eigenvalue weighted by atomic mass is 19.1. The molecule has 24 heavy (non-hydrogen) atoms. The zero-order valence-electron chi connectivity index (χ0n) is 13.2. The van der Waals surface area contributed by atoms with Crippen molar-refractivity contribution in [2.24, 2.45) is 0 Å². The van der Waals surface area contributed by atoms with E-state index in [4.69, 9.17) is 0 Å². The SMILES string of the molecule is CC(CO)(CO)NC(=O)C1C=CC(C#Cc2cccc(F)c2)=CN1. The Morgan fingerprint density at radius 1 is 1.38 bits per heavy atom. The Labute approximate surface area is 139 Å². The third-order valence-electron chi connectivity index (χ3n) is 3.47. The number of allylic oxidation sites excluding steroid dienone is 2. The topological polar surface area (TPSA) is 81.6 Å². The van der Waals surface area contributed by atoms with Crippen LogP contribution in [0.15, 0.2) is 48.2 Å². The Hall–Kier alpha value is -2.62. The standard InChI is InChI=1S/C18H19FN2O3/c1-18(11-22,12-23)21-17(24)16-8-7-14(10-20-16)6-5-13-3-2-4-15(19)9-13/h2-4,7-10,16,20,22-23H,11-12H2,1H3,(H,21,24). The molecule has 1 aliphatic heterocycles. The van der Waals surface area contributed by atoms with E-state index >= 15 is 0 Å². The minimum Gasteiger partial charge on any atom is -0.394 e. The molecular formula is C18H19FN2O3. The van der Waals surface area contributed by atoms with Gasteiger partial charge in [0.05, 0.1) is 18.8 Å². The van der Waals surface area contributed by atoms with Crippen molar-refractivity contribution >= 4 is 5.91 Å². The van der Waals surface area contributed by atoms with Crippen molar-refractivity contribution in [2.45, 2.75) is 18.5 Å². The predicted octanol–water partition coefficient (Wildman–Crippen LogP) is 0.449. The number of benzene rings is 1. The van der Waals surface area contributed by atoms with Crippen molar-refractivity contribution in [1.29, 1.82) is 0 Å². The first-order chi connectivity index (χ1) is 11.5. The molecule has 0 fully saturated rings. The molecule has 0 aliphatic carbocycles. The van der Waals surface area contributed by atoms with Crippen LogP contribution >= 0.6 is 0 Å². The maximum absolute atomic E-state index is 13.1. The van der Waals surface area contributed by atoms with Crippen LogP contribution < -0.4 is 10.6 Å². The molecule has 0 saturated heterocycles. The number of carbonyl (C=O) groups excluding carboxylic acids is 1. The number of hydrogen-bond donors (Lipinski definition) is 4. The van der Waals surface area contributed by atoms with Crippen LogP contribution in [0.1, 0.15) is 12.5 Å². The maximum Gasteiger partial charge on any atom is 0.247 e. The van der Waals surface area contributed by atoms with Crippen molar-refractivity contribution < 1.29 is 19.4 Å². The average Bonchev–Trinajstić information content (AvgIpc) is 2.60. The summed E-state index contributed by atoms with van der Waals surface area (Å²) in [5.41, 5.74) is 0.134. The smallest absolute Gasteiger partial charge is 0.247 e. The molecule has 5 nitrogen and oxygen atoms in total. The summed E-state index contributed by atoms with van der Waals surface area (Å²) in [6, 6.07) is 5.36. The summed E-state index contributed by atoms with van der Waals surface area (Å²) in [5.74, 6) is 5.00. The highest BCUT2D eigenvalue weighted by Crippen LogP contribution is 2.07. The van der Waals surface area contributed by atoms with Crippen LogP contribution in [0.5, 0.6) is 0 Å². The van der Waals surface area contributed by atoms with Crippen LogP contribution in [-0.4, -0.2) is 40.9 Å². The molecule has 1 aromatic rings. The molecule has 1 aromatic carbocycles. The second kappa shape index (κ2) is 7.77. The van der Waals surface area contributed by atoms with Gasteiger partial charge in [0, 0.05) is 17.3 Å². The van der Waals surface area contributed by atoms with Gasteiger partial charge in [-0.2, -0.15) is 0 Å². The van der Waals surface area contributed by atoms with Crippen LogP contribution in [0.3, 0.4) is 0 Å². The molecule has 1 unspecified atom stereocenters. The first-order valence-electron chi connectivity index (χ1n) is 7.41. The summed E-state index contributed by atoms with van der Waals surface area (Å²) < 4.78 is 13.1. The van der Waals surface area contributed by atoms with Crippen molar-refractivity contribution in [3.63, 3.8) is 0 Å². The first-order valence-corrected chi connectivity index (χ1v) is 7.41. The number of nitrogens with one attached hydrogen (secondary N) is 2. The molecule has 2 rings (SSSR count). The van der Waals surface area contributed by atoms with Gasteiger partial charge in [0.15, 0.2) is 0 Å². The van der Waals surface area contributed by atoms with Crippen LogP contribution in [-0.2, 0) is 4.79 Å². The van der Waals surface area contributed by atoms with E-state index in [1.807, 2.05) is 0 Å². The Balaban J connectivity index is 1.98. The lowest BCUT2D eigenvalue weighted by atomic mass is 10.0. The zero-order valence-corrected chi connectivity index (χ0v) is 13.2. The molecule has 0 spiro atoms. The highest BCUT2D eigenvalue weighted by Gasteiger charge is 2.27. The lowest BCUT2D eigenvalue weighted by Crippen LogP contribution is -2.56. The number of aliphatic hydroxyl groups excluding tert-OH is 2. The number of carbonyl (C=O) groups is 1. The van der Waals surface area contributed by atoms with Gasteiger partial charge in [0.1, 0.15) is 11.9 Å². The summed E-state index contributed by atoms with van der Waals surface area (Å²) in [6.07, 6.45) is 4.90. The monoisotopic (exact) mass is 330 g/mol. The highest BCUT2D eigenvalue weighted by molar-refractivity contribution is 5.85.